The first kappa shape index (κ1) is 25.0. The molecule has 0 aliphatic carbocycles. The van der Waals surface area contributed by atoms with Crippen molar-refractivity contribution in [1.82, 2.24) is 5.32 Å². The van der Waals surface area contributed by atoms with E-state index < -0.39 is 22.4 Å². The van der Waals surface area contributed by atoms with E-state index in [0.29, 0.717) is 12.3 Å². The Labute approximate surface area is 173 Å². The third kappa shape index (κ3) is 6.52. The summed E-state index contributed by atoms with van der Waals surface area (Å²) in [7, 11) is -2.10. The van der Waals surface area contributed by atoms with Crippen LogP contribution in [0.25, 0.3) is 0 Å². The first-order valence-corrected chi connectivity index (χ1v) is 16.8. The molecule has 28 heavy (non-hydrogen) atoms. The number of Topliss-reactive ketones (excluding diaryl/α,β-unsaturated/α-hetero) is 1. The molecule has 0 aromatic rings. The van der Waals surface area contributed by atoms with Gasteiger partial charge in [0.2, 0.25) is 5.91 Å². The number of nitrogens with zero attached hydrogens (tertiary/aromatic N) is 1. The van der Waals surface area contributed by atoms with Crippen molar-refractivity contribution >= 4 is 34.0 Å². The largest absolute Gasteiger partial charge is 0.478 e. The number of hydrogen-bond acceptors (Lipinski definition) is 5. The summed E-state index contributed by atoms with van der Waals surface area (Å²) in [6, 6.07) is -0.551. The van der Waals surface area contributed by atoms with Crippen LogP contribution in [0.15, 0.2) is 4.99 Å². The SMILES string of the molecule is CC[C@H](CC(=O)CC1=NC(C(=O)NC)C([Si](C)(C)C)O1)O[Si](C)(C)C(C)(C)C. The number of carbonyl (C=O) groups is 2. The molecule has 0 radical (unpaired) electrons. The van der Waals surface area contributed by atoms with Crippen LogP contribution in [0.5, 0.6) is 0 Å². The number of likely N-dealkylation sites (N-methyl/N-ethyl adjacent to an activating group) is 1. The minimum atomic E-state index is -1.93. The number of rotatable bonds is 9. The smallest absolute Gasteiger partial charge is 0.248 e. The summed E-state index contributed by atoms with van der Waals surface area (Å²) in [4.78, 5) is 29.4. The van der Waals surface area contributed by atoms with Crippen LogP contribution in [0.2, 0.25) is 37.8 Å². The van der Waals surface area contributed by atoms with Gasteiger partial charge in [0, 0.05) is 13.5 Å². The quantitative estimate of drug-likeness (QED) is 0.565. The van der Waals surface area contributed by atoms with E-state index in [9.17, 15) is 9.59 Å². The fourth-order valence-electron chi connectivity index (χ4n) is 2.90. The van der Waals surface area contributed by atoms with Gasteiger partial charge >= 0.3 is 0 Å². The first-order valence-electron chi connectivity index (χ1n) is 10.3. The Morgan fingerprint density at radius 2 is 1.79 bits per heavy atom. The summed E-state index contributed by atoms with van der Waals surface area (Å²) in [6.45, 7) is 19.5. The normalized spacial score (nSPS) is 21.7. The van der Waals surface area contributed by atoms with Crippen LogP contribution in [-0.4, -0.2) is 58.9 Å². The van der Waals surface area contributed by atoms with Crippen LogP contribution >= 0.6 is 0 Å². The Bertz CT molecular complexity index is 606. The Morgan fingerprint density at radius 1 is 1.21 bits per heavy atom. The van der Waals surface area contributed by atoms with Gasteiger partial charge in [-0.3, -0.25) is 9.59 Å². The summed E-state index contributed by atoms with van der Waals surface area (Å²) in [6.07, 6.45) is 1.20. The number of carbonyl (C=O) groups excluding carboxylic acids is 2. The molecule has 0 spiro atoms. The molecule has 0 saturated heterocycles. The number of aliphatic imine (C=N–C) groups is 1. The van der Waals surface area contributed by atoms with Crippen molar-refractivity contribution in [3.05, 3.63) is 0 Å². The molecule has 0 bridgehead atoms. The Hall–Kier alpha value is -0.996. The topological polar surface area (TPSA) is 77.0 Å². The maximum absolute atomic E-state index is 12.7. The average Bonchev–Trinajstić information content (AvgIpc) is 2.96. The molecular formula is C20H40N2O4Si2. The molecule has 1 aliphatic rings. The molecule has 0 aromatic carbocycles. The van der Waals surface area contributed by atoms with Crippen molar-refractivity contribution < 1.29 is 18.8 Å². The van der Waals surface area contributed by atoms with Gasteiger partial charge in [0.15, 0.2) is 20.3 Å². The molecule has 1 N–H and O–H groups in total. The third-order valence-corrected chi connectivity index (χ3v) is 12.4. The Morgan fingerprint density at radius 3 is 2.21 bits per heavy atom. The molecule has 1 amide bonds. The van der Waals surface area contributed by atoms with E-state index in [-0.39, 0.29) is 35.0 Å². The maximum Gasteiger partial charge on any atom is 0.248 e. The van der Waals surface area contributed by atoms with Gasteiger partial charge < -0.3 is 14.5 Å². The summed E-state index contributed by atoms with van der Waals surface area (Å²) in [5.41, 5.74) is -0.235. The lowest BCUT2D eigenvalue weighted by molar-refractivity contribution is -0.122. The van der Waals surface area contributed by atoms with Gasteiger partial charge in [0.25, 0.3) is 0 Å². The number of nitrogens with one attached hydrogen (secondary N) is 1. The lowest BCUT2D eigenvalue weighted by Crippen LogP contribution is -2.50. The molecule has 8 heteroatoms. The second-order valence-corrected chi connectivity index (χ2v) is 20.4. The summed E-state index contributed by atoms with van der Waals surface area (Å²) < 4.78 is 12.4. The predicted molar refractivity (Wildman–Crippen MR) is 120 cm³/mol. The molecule has 0 saturated carbocycles. The zero-order chi connectivity index (χ0) is 21.9. The van der Waals surface area contributed by atoms with Crippen LogP contribution in [0.4, 0.5) is 0 Å². The van der Waals surface area contributed by atoms with E-state index in [4.69, 9.17) is 9.16 Å². The standard InChI is InChI=1S/C20H40N2O4Si2/c1-11-15(26-28(9,10)20(2,3)4)12-14(23)13-16-22-17(18(24)21-5)19(25-16)27(6,7)8/h15,17,19H,11-13H2,1-10H3,(H,21,24)/t15-,17?,19?/m1/s1. The van der Waals surface area contributed by atoms with Crippen molar-refractivity contribution in [2.24, 2.45) is 4.99 Å². The molecule has 162 valence electrons. The second-order valence-electron chi connectivity index (χ2n) is 10.3. The zero-order valence-corrected chi connectivity index (χ0v) is 21.4. The van der Waals surface area contributed by atoms with Gasteiger partial charge in [-0.25, -0.2) is 4.99 Å². The van der Waals surface area contributed by atoms with Crippen molar-refractivity contribution in [3.8, 4) is 0 Å². The van der Waals surface area contributed by atoms with Crippen LogP contribution in [0, 0.1) is 0 Å². The third-order valence-electron chi connectivity index (χ3n) is 5.73. The molecule has 6 nitrogen and oxygen atoms in total. The van der Waals surface area contributed by atoms with Crippen LogP contribution in [0.3, 0.4) is 0 Å². The lowest BCUT2D eigenvalue weighted by atomic mass is 10.1. The molecule has 3 atom stereocenters. The Kier molecular flexibility index (Phi) is 8.24. The highest BCUT2D eigenvalue weighted by atomic mass is 28.4. The molecule has 2 unspecified atom stereocenters. The second kappa shape index (κ2) is 9.21. The highest BCUT2D eigenvalue weighted by Gasteiger charge is 2.44. The summed E-state index contributed by atoms with van der Waals surface area (Å²) in [5, 5.41) is 2.76. The van der Waals surface area contributed by atoms with Gasteiger partial charge in [0.05, 0.1) is 20.6 Å². The number of ketones is 1. The average molecular weight is 429 g/mol. The highest BCUT2D eigenvalue weighted by Crippen LogP contribution is 2.38. The molecule has 1 aliphatic heterocycles. The van der Waals surface area contributed by atoms with Crippen molar-refractivity contribution in [1.29, 1.82) is 0 Å². The van der Waals surface area contributed by atoms with Gasteiger partial charge in [-0.1, -0.05) is 47.3 Å². The first-order chi connectivity index (χ1) is 12.6. The van der Waals surface area contributed by atoms with Gasteiger partial charge in [0.1, 0.15) is 11.5 Å². The summed E-state index contributed by atoms with van der Waals surface area (Å²) >= 11 is 0. The Balaban J connectivity index is 2.80. The van der Waals surface area contributed by atoms with Crippen molar-refractivity contribution in [2.45, 2.75) is 103 Å². The molecular weight excluding hydrogens is 388 g/mol. The van der Waals surface area contributed by atoms with Crippen molar-refractivity contribution in [2.75, 3.05) is 7.05 Å². The van der Waals surface area contributed by atoms with E-state index in [1.807, 2.05) is 0 Å². The molecule has 0 aromatic heterocycles. The predicted octanol–water partition coefficient (Wildman–Crippen LogP) is 3.93. The number of amides is 1. The number of hydrogen-bond donors (Lipinski definition) is 1. The maximum atomic E-state index is 12.7. The van der Waals surface area contributed by atoms with Gasteiger partial charge in [-0.05, 0) is 24.6 Å². The van der Waals surface area contributed by atoms with E-state index >= 15 is 0 Å². The van der Waals surface area contributed by atoms with E-state index in [0.717, 1.165) is 6.42 Å². The monoisotopic (exact) mass is 428 g/mol. The molecule has 1 heterocycles. The van der Waals surface area contributed by atoms with Crippen LogP contribution in [0.1, 0.15) is 47.0 Å². The zero-order valence-electron chi connectivity index (χ0n) is 19.4. The highest BCUT2D eigenvalue weighted by molar-refractivity contribution is 6.78. The molecule has 0 fully saturated rings. The fourth-order valence-corrected chi connectivity index (χ4v) is 6.00. The van der Waals surface area contributed by atoms with Crippen molar-refractivity contribution in [3.63, 3.8) is 0 Å². The van der Waals surface area contributed by atoms with E-state index in [1.165, 1.54) is 0 Å². The lowest BCUT2D eigenvalue weighted by Gasteiger charge is -2.39. The minimum absolute atomic E-state index is 0.0520. The molecule has 1 rings (SSSR count). The number of ether oxygens (including phenoxy) is 1. The van der Waals surface area contributed by atoms with Gasteiger partial charge in [-0.2, -0.15) is 0 Å². The minimum Gasteiger partial charge on any atom is -0.478 e. The van der Waals surface area contributed by atoms with Crippen LogP contribution in [-0.2, 0) is 18.8 Å². The van der Waals surface area contributed by atoms with Gasteiger partial charge in [-0.15, -0.1) is 0 Å². The van der Waals surface area contributed by atoms with Crippen LogP contribution < -0.4 is 5.32 Å². The summed E-state index contributed by atoms with van der Waals surface area (Å²) in [5.74, 6) is 0.298. The van der Waals surface area contributed by atoms with E-state index in [2.05, 4.69) is 70.7 Å². The van der Waals surface area contributed by atoms with E-state index in [1.54, 1.807) is 7.05 Å². The fraction of sp³-hybridized carbons (Fsp3) is 0.850.